The summed E-state index contributed by atoms with van der Waals surface area (Å²) in [6.45, 7) is 6.97. The van der Waals surface area contributed by atoms with Crippen molar-refractivity contribution < 1.29 is 4.48 Å². The van der Waals surface area contributed by atoms with Crippen LogP contribution in [0, 0.1) is 0 Å². The molecule has 0 atom stereocenters. The zero-order valence-corrected chi connectivity index (χ0v) is 6.95. The highest BCUT2D eigenvalue weighted by Crippen LogP contribution is 2.23. The highest BCUT2D eigenvalue weighted by Gasteiger charge is 2.23. The molecule has 0 aromatic carbocycles. The van der Waals surface area contributed by atoms with E-state index < -0.39 is 0 Å². The lowest BCUT2D eigenvalue weighted by atomic mass is 10.4. The first kappa shape index (κ1) is 7.16. The van der Waals surface area contributed by atoms with Crippen molar-refractivity contribution in [2.75, 3.05) is 19.0 Å². The minimum atomic E-state index is 1.17. The molecule has 0 N–H and O–H groups in total. The van der Waals surface area contributed by atoms with Gasteiger partial charge in [0.2, 0.25) is 0 Å². The highest BCUT2D eigenvalue weighted by molar-refractivity contribution is 8.02. The van der Waals surface area contributed by atoms with Crippen molar-refractivity contribution in [3.05, 3.63) is 11.6 Å². The van der Waals surface area contributed by atoms with Crippen LogP contribution in [0.25, 0.3) is 0 Å². The maximum absolute atomic E-state index is 2.31. The van der Waals surface area contributed by atoms with Gasteiger partial charge in [0.15, 0.2) is 0 Å². The third-order valence-corrected chi connectivity index (χ3v) is 3.04. The Labute approximate surface area is 61.3 Å². The highest BCUT2D eigenvalue weighted by atomic mass is 32.2. The molecule has 0 fully saturated rings. The summed E-state index contributed by atoms with van der Waals surface area (Å²) in [4.78, 5) is 0. The molecule has 0 aromatic heterocycles. The van der Waals surface area contributed by atoms with Gasteiger partial charge in [-0.15, -0.1) is 0 Å². The van der Waals surface area contributed by atoms with Crippen molar-refractivity contribution in [3.8, 4) is 0 Å². The Morgan fingerprint density at radius 1 is 1.44 bits per heavy atom. The summed E-state index contributed by atoms with van der Waals surface area (Å²) in [7, 11) is 0. The van der Waals surface area contributed by atoms with E-state index in [-0.39, 0.29) is 0 Å². The number of quaternary nitrogens is 1. The number of thioether (sulfide) groups is 1. The van der Waals surface area contributed by atoms with Gasteiger partial charge in [-0.25, -0.2) is 0 Å². The molecule has 1 nitrogen and oxygen atoms in total. The quantitative estimate of drug-likeness (QED) is 0.534. The molecule has 1 rings (SSSR count). The van der Waals surface area contributed by atoms with E-state index in [9.17, 15) is 0 Å². The van der Waals surface area contributed by atoms with Crippen molar-refractivity contribution in [1.29, 1.82) is 0 Å². The van der Waals surface area contributed by atoms with Gasteiger partial charge in [0.1, 0.15) is 12.1 Å². The molecule has 0 amide bonds. The van der Waals surface area contributed by atoms with E-state index in [1.54, 1.807) is 0 Å². The number of rotatable bonds is 2. The Hall–Kier alpha value is 0.0500. The zero-order chi connectivity index (χ0) is 6.74. The van der Waals surface area contributed by atoms with Gasteiger partial charge in [-0.3, -0.25) is 4.48 Å². The SMILES string of the molecule is CC[N+]1(CC)C=CSC1. The largest absolute Gasteiger partial charge is 0.289 e. The summed E-state index contributed by atoms with van der Waals surface area (Å²) in [5.74, 6) is 1.24. The molecule has 9 heavy (non-hydrogen) atoms. The van der Waals surface area contributed by atoms with Gasteiger partial charge in [0.25, 0.3) is 0 Å². The first-order valence-corrected chi connectivity index (χ1v) is 4.53. The first-order chi connectivity index (χ1) is 4.33. The van der Waals surface area contributed by atoms with Crippen molar-refractivity contribution in [2.24, 2.45) is 0 Å². The molecule has 52 valence electrons. The minimum Gasteiger partial charge on any atom is -0.289 e. The van der Waals surface area contributed by atoms with Crippen molar-refractivity contribution in [2.45, 2.75) is 13.8 Å². The molecule has 0 saturated heterocycles. The summed E-state index contributed by atoms with van der Waals surface area (Å²) < 4.78 is 1.17. The molecule has 1 aliphatic rings. The van der Waals surface area contributed by atoms with Crippen LogP contribution in [-0.4, -0.2) is 23.4 Å². The van der Waals surface area contributed by atoms with Gasteiger partial charge in [0.05, 0.1) is 13.1 Å². The van der Waals surface area contributed by atoms with Gasteiger partial charge in [-0.05, 0) is 13.8 Å². The van der Waals surface area contributed by atoms with Gasteiger partial charge in [-0.1, -0.05) is 11.8 Å². The van der Waals surface area contributed by atoms with Crippen LogP contribution < -0.4 is 0 Å². The molecule has 0 spiro atoms. The normalized spacial score (nSPS) is 22.9. The first-order valence-electron chi connectivity index (χ1n) is 3.48. The number of hydrogen-bond donors (Lipinski definition) is 0. The number of hydrogen-bond acceptors (Lipinski definition) is 1. The fourth-order valence-corrected chi connectivity index (χ4v) is 2.20. The van der Waals surface area contributed by atoms with Crippen LogP contribution in [0.4, 0.5) is 0 Å². The topological polar surface area (TPSA) is 0 Å². The molecule has 1 heterocycles. The maximum atomic E-state index is 2.31. The minimum absolute atomic E-state index is 1.17. The van der Waals surface area contributed by atoms with Crippen LogP contribution >= 0.6 is 11.8 Å². The lowest BCUT2D eigenvalue weighted by molar-refractivity contribution is -0.860. The fraction of sp³-hybridized carbons (Fsp3) is 0.714. The smallest absolute Gasteiger partial charge is 0.134 e. The summed E-state index contributed by atoms with van der Waals surface area (Å²) in [5, 5.41) is 2.22. The summed E-state index contributed by atoms with van der Waals surface area (Å²) in [6, 6.07) is 0. The second-order valence-corrected chi connectivity index (χ2v) is 3.30. The Balaban J connectivity index is 2.57. The molecular formula is C7H14NS+. The lowest BCUT2D eigenvalue weighted by Gasteiger charge is -2.27. The van der Waals surface area contributed by atoms with E-state index in [0.717, 1.165) is 0 Å². The van der Waals surface area contributed by atoms with Crippen LogP contribution in [0.3, 0.4) is 0 Å². The van der Waals surface area contributed by atoms with Crippen LogP contribution in [0.2, 0.25) is 0 Å². The van der Waals surface area contributed by atoms with E-state index in [0.29, 0.717) is 0 Å². The van der Waals surface area contributed by atoms with E-state index in [1.807, 2.05) is 11.8 Å². The molecule has 0 saturated carbocycles. The molecule has 1 aliphatic heterocycles. The third kappa shape index (κ3) is 1.30. The van der Waals surface area contributed by atoms with Crippen LogP contribution in [0.1, 0.15) is 13.8 Å². The molecular weight excluding hydrogens is 130 g/mol. The molecule has 0 radical (unpaired) electrons. The molecule has 0 aromatic rings. The third-order valence-electron chi connectivity index (χ3n) is 2.06. The second kappa shape index (κ2) is 2.76. The van der Waals surface area contributed by atoms with E-state index >= 15 is 0 Å². The Kier molecular flexibility index (Phi) is 2.19. The Morgan fingerprint density at radius 2 is 2.11 bits per heavy atom. The molecule has 0 aliphatic carbocycles. The van der Waals surface area contributed by atoms with Gasteiger partial charge < -0.3 is 0 Å². The predicted molar refractivity (Wildman–Crippen MR) is 42.9 cm³/mol. The molecule has 2 heteroatoms. The van der Waals surface area contributed by atoms with E-state index in [1.165, 1.54) is 23.4 Å². The Bertz CT molecular complexity index is 116. The fourth-order valence-electron chi connectivity index (χ4n) is 1.02. The van der Waals surface area contributed by atoms with Gasteiger partial charge in [0, 0.05) is 5.41 Å². The summed E-state index contributed by atoms with van der Waals surface area (Å²) >= 11 is 1.92. The molecule has 0 unspecified atom stereocenters. The average Bonchev–Trinajstić information content (AvgIpc) is 2.36. The van der Waals surface area contributed by atoms with E-state index in [4.69, 9.17) is 0 Å². The summed E-state index contributed by atoms with van der Waals surface area (Å²) in [5.41, 5.74) is 0. The van der Waals surface area contributed by atoms with Crippen LogP contribution in [-0.2, 0) is 0 Å². The maximum Gasteiger partial charge on any atom is 0.134 e. The van der Waals surface area contributed by atoms with Crippen molar-refractivity contribution in [1.82, 2.24) is 0 Å². The lowest BCUT2D eigenvalue weighted by Crippen LogP contribution is -2.39. The number of nitrogens with zero attached hydrogens (tertiary/aromatic N) is 1. The van der Waals surface area contributed by atoms with Crippen LogP contribution in [0.15, 0.2) is 11.6 Å². The van der Waals surface area contributed by atoms with Gasteiger partial charge in [-0.2, -0.15) is 0 Å². The standard InChI is InChI=1S/C7H14NS/c1-3-8(4-2)5-6-9-7-8/h5-6H,3-4,7H2,1-2H3/q+1. The second-order valence-electron chi connectivity index (χ2n) is 2.43. The van der Waals surface area contributed by atoms with E-state index in [2.05, 4.69) is 25.5 Å². The van der Waals surface area contributed by atoms with Gasteiger partial charge >= 0.3 is 0 Å². The van der Waals surface area contributed by atoms with Crippen molar-refractivity contribution >= 4 is 11.8 Å². The zero-order valence-electron chi connectivity index (χ0n) is 6.13. The summed E-state index contributed by atoms with van der Waals surface area (Å²) in [6.07, 6.45) is 2.31. The Morgan fingerprint density at radius 3 is 2.33 bits per heavy atom. The average molecular weight is 144 g/mol. The predicted octanol–water partition coefficient (Wildman–Crippen LogP) is 2.02. The monoisotopic (exact) mass is 144 g/mol. The van der Waals surface area contributed by atoms with Crippen LogP contribution in [0.5, 0.6) is 0 Å². The molecule has 0 bridgehead atoms. The van der Waals surface area contributed by atoms with Crippen molar-refractivity contribution in [3.63, 3.8) is 0 Å².